The van der Waals surface area contributed by atoms with Gasteiger partial charge in [-0.15, -0.1) is 11.3 Å². The van der Waals surface area contributed by atoms with Gasteiger partial charge >= 0.3 is 0 Å². The van der Waals surface area contributed by atoms with Gasteiger partial charge in [0.15, 0.2) is 0 Å². The lowest BCUT2D eigenvalue weighted by molar-refractivity contribution is -0.122. The Morgan fingerprint density at radius 3 is 2.91 bits per heavy atom. The lowest BCUT2D eigenvalue weighted by atomic mass is 10.1. The Morgan fingerprint density at radius 2 is 2.30 bits per heavy atom. The third-order valence-electron chi connectivity index (χ3n) is 3.58. The number of imidazole rings is 1. The van der Waals surface area contributed by atoms with Crippen molar-refractivity contribution in [3.8, 4) is 0 Å². The summed E-state index contributed by atoms with van der Waals surface area (Å²) in [5, 5.41) is 8.25. The van der Waals surface area contributed by atoms with E-state index in [2.05, 4.69) is 39.0 Å². The smallest absolute Gasteiger partial charge is 0.240 e. The summed E-state index contributed by atoms with van der Waals surface area (Å²) in [5.41, 5.74) is 2.25. The van der Waals surface area contributed by atoms with Gasteiger partial charge in [0.05, 0.1) is 18.1 Å². The highest BCUT2D eigenvalue weighted by Crippen LogP contribution is 2.26. The minimum atomic E-state index is -0.0991. The first-order chi connectivity index (χ1) is 11.1. The molecule has 0 bridgehead atoms. The van der Waals surface area contributed by atoms with Gasteiger partial charge in [-0.3, -0.25) is 4.79 Å². The molecule has 3 aromatic heterocycles. The van der Waals surface area contributed by atoms with Gasteiger partial charge in [-0.05, 0) is 36.2 Å². The SMILES string of the molecule is Cc1nc([C@H](Cc2ccsc2)NC(=O)Cn2ccnc2)sc1C. The maximum Gasteiger partial charge on any atom is 0.240 e. The predicted molar refractivity (Wildman–Crippen MR) is 92.7 cm³/mol. The molecule has 0 aromatic carbocycles. The summed E-state index contributed by atoms with van der Waals surface area (Å²) in [6.45, 7) is 4.33. The minimum Gasteiger partial charge on any atom is -0.345 e. The standard InChI is InChI=1S/C16H18N4OS2/c1-11-12(2)23-16(18-11)14(7-13-3-6-22-9-13)19-15(21)8-20-5-4-17-10-20/h3-6,9-10,14H,7-8H2,1-2H3,(H,19,21)/t14-/m0/s1. The summed E-state index contributed by atoms with van der Waals surface area (Å²) in [4.78, 5) is 22.1. The van der Waals surface area contributed by atoms with Crippen molar-refractivity contribution >= 4 is 28.6 Å². The summed E-state index contributed by atoms with van der Waals surface area (Å²) in [7, 11) is 0. The molecule has 1 N–H and O–H groups in total. The third-order valence-corrected chi connectivity index (χ3v) is 5.50. The number of aryl methyl sites for hydroxylation is 2. The van der Waals surface area contributed by atoms with Gasteiger partial charge in [0.25, 0.3) is 0 Å². The molecule has 0 fully saturated rings. The summed E-state index contributed by atoms with van der Waals surface area (Å²) in [6.07, 6.45) is 5.85. The van der Waals surface area contributed by atoms with Crippen molar-refractivity contribution in [3.63, 3.8) is 0 Å². The Hall–Kier alpha value is -1.99. The van der Waals surface area contributed by atoms with E-state index >= 15 is 0 Å². The van der Waals surface area contributed by atoms with Crippen LogP contribution in [0.25, 0.3) is 0 Å². The Kier molecular flexibility index (Phi) is 4.88. The fourth-order valence-electron chi connectivity index (χ4n) is 2.28. The van der Waals surface area contributed by atoms with Gasteiger partial charge < -0.3 is 9.88 Å². The van der Waals surface area contributed by atoms with Gasteiger partial charge in [-0.2, -0.15) is 11.3 Å². The molecule has 3 aromatic rings. The van der Waals surface area contributed by atoms with Crippen molar-refractivity contribution in [3.05, 3.63) is 56.7 Å². The van der Waals surface area contributed by atoms with E-state index in [0.29, 0.717) is 0 Å². The number of carbonyl (C=O) groups excluding carboxylic acids is 1. The summed E-state index contributed by atoms with van der Waals surface area (Å²) < 4.78 is 1.76. The van der Waals surface area contributed by atoms with E-state index in [4.69, 9.17) is 0 Å². The number of hydrogen-bond donors (Lipinski definition) is 1. The number of thiophene rings is 1. The van der Waals surface area contributed by atoms with E-state index in [1.54, 1.807) is 46.0 Å². The molecule has 3 heterocycles. The van der Waals surface area contributed by atoms with Crippen molar-refractivity contribution in [2.75, 3.05) is 0 Å². The highest BCUT2D eigenvalue weighted by molar-refractivity contribution is 7.11. The van der Waals surface area contributed by atoms with Crippen LogP contribution in [0.15, 0.2) is 35.5 Å². The van der Waals surface area contributed by atoms with Crippen LogP contribution in [0.2, 0.25) is 0 Å². The van der Waals surface area contributed by atoms with Crippen LogP contribution in [0.5, 0.6) is 0 Å². The number of carbonyl (C=O) groups is 1. The van der Waals surface area contributed by atoms with Gasteiger partial charge in [0.2, 0.25) is 5.91 Å². The van der Waals surface area contributed by atoms with Crippen LogP contribution >= 0.6 is 22.7 Å². The molecule has 5 nitrogen and oxygen atoms in total. The van der Waals surface area contributed by atoms with Crippen LogP contribution in [0.1, 0.15) is 27.2 Å². The Bertz CT molecular complexity index is 743. The lowest BCUT2D eigenvalue weighted by Crippen LogP contribution is -2.32. The molecule has 0 saturated heterocycles. The fraction of sp³-hybridized carbons (Fsp3) is 0.312. The first kappa shape index (κ1) is 15.9. The summed E-state index contributed by atoms with van der Waals surface area (Å²) in [5.74, 6) is -0.0336. The highest BCUT2D eigenvalue weighted by atomic mass is 32.1. The quantitative estimate of drug-likeness (QED) is 0.746. The van der Waals surface area contributed by atoms with E-state index in [9.17, 15) is 4.79 Å². The van der Waals surface area contributed by atoms with Gasteiger partial charge in [-0.1, -0.05) is 0 Å². The fourth-order valence-corrected chi connectivity index (χ4v) is 3.93. The normalized spacial score (nSPS) is 12.3. The molecule has 0 unspecified atom stereocenters. The van der Waals surface area contributed by atoms with Crippen LogP contribution < -0.4 is 5.32 Å². The maximum atomic E-state index is 12.3. The molecular weight excluding hydrogens is 328 g/mol. The predicted octanol–water partition coefficient (Wildman–Crippen LogP) is 3.12. The monoisotopic (exact) mass is 346 g/mol. The Balaban J connectivity index is 1.75. The average Bonchev–Trinajstić information content (AvgIpc) is 3.23. The molecule has 0 radical (unpaired) electrons. The lowest BCUT2D eigenvalue weighted by Gasteiger charge is -2.16. The number of thiazole rings is 1. The number of hydrogen-bond acceptors (Lipinski definition) is 5. The second-order valence-electron chi connectivity index (χ2n) is 5.38. The van der Waals surface area contributed by atoms with Crippen LogP contribution in [-0.2, 0) is 17.8 Å². The number of rotatable bonds is 6. The van der Waals surface area contributed by atoms with Crippen molar-refractivity contribution in [2.24, 2.45) is 0 Å². The summed E-state index contributed by atoms with van der Waals surface area (Å²) >= 11 is 3.32. The average molecular weight is 346 g/mol. The molecule has 3 rings (SSSR count). The largest absolute Gasteiger partial charge is 0.345 e. The molecular formula is C16H18N4OS2. The topological polar surface area (TPSA) is 59.8 Å². The van der Waals surface area contributed by atoms with Gasteiger partial charge in [0.1, 0.15) is 11.6 Å². The number of nitrogens with one attached hydrogen (secondary N) is 1. The number of amides is 1. The van der Waals surface area contributed by atoms with Crippen LogP contribution in [-0.4, -0.2) is 20.4 Å². The molecule has 0 aliphatic heterocycles. The summed E-state index contributed by atoms with van der Waals surface area (Å²) in [6, 6.07) is 1.99. The second-order valence-corrected chi connectivity index (χ2v) is 7.40. The molecule has 1 atom stereocenters. The van der Waals surface area contributed by atoms with E-state index in [1.807, 2.05) is 6.92 Å². The minimum absolute atomic E-state index is 0.0336. The molecule has 1 amide bonds. The Labute approximate surface area is 143 Å². The van der Waals surface area contributed by atoms with Crippen molar-refractivity contribution in [1.29, 1.82) is 0 Å². The molecule has 120 valence electrons. The first-order valence-electron chi connectivity index (χ1n) is 7.32. The number of nitrogens with zero attached hydrogens (tertiary/aromatic N) is 3. The third kappa shape index (κ3) is 4.05. The number of aromatic nitrogens is 3. The molecule has 0 saturated carbocycles. The first-order valence-corrected chi connectivity index (χ1v) is 9.08. The highest BCUT2D eigenvalue weighted by Gasteiger charge is 2.20. The molecule has 7 heteroatoms. The van der Waals surface area contributed by atoms with Crippen molar-refractivity contribution in [2.45, 2.75) is 32.9 Å². The van der Waals surface area contributed by atoms with E-state index in [-0.39, 0.29) is 18.5 Å². The Morgan fingerprint density at radius 1 is 1.43 bits per heavy atom. The maximum absolute atomic E-state index is 12.3. The van der Waals surface area contributed by atoms with E-state index in [0.717, 1.165) is 17.1 Å². The van der Waals surface area contributed by atoms with Gasteiger partial charge in [0, 0.05) is 23.7 Å². The van der Waals surface area contributed by atoms with Crippen LogP contribution in [0.3, 0.4) is 0 Å². The van der Waals surface area contributed by atoms with Crippen molar-refractivity contribution < 1.29 is 4.79 Å². The van der Waals surface area contributed by atoms with Gasteiger partial charge in [-0.25, -0.2) is 9.97 Å². The zero-order valence-electron chi connectivity index (χ0n) is 13.0. The van der Waals surface area contributed by atoms with E-state index < -0.39 is 0 Å². The zero-order chi connectivity index (χ0) is 16.2. The van der Waals surface area contributed by atoms with Crippen molar-refractivity contribution in [1.82, 2.24) is 19.9 Å². The second kappa shape index (κ2) is 7.06. The molecule has 0 aliphatic carbocycles. The van der Waals surface area contributed by atoms with E-state index in [1.165, 1.54) is 10.4 Å². The van der Waals surface area contributed by atoms with Crippen LogP contribution in [0.4, 0.5) is 0 Å². The van der Waals surface area contributed by atoms with Crippen LogP contribution in [0, 0.1) is 13.8 Å². The zero-order valence-corrected chi connectivity index (χ0v) is 14.7. The molecule has 0 aliphatic rings. The molecule has 23 heavy (non-hydrogen) atoms. The molecule has 0 spiro atoms.